The second kappa shape index (κ2) is 22.9. The predicted molar refractivity (Wildman–Crippen MR) is 196 cm³/mol. The lowest BCUT2D eigenvalue weighted by Gasteiger charge is -2.12. The number of nitrogens with one attached hydrogen (secondary N) is 1. The van der Waals surface area contributed by atoms with E-state index in [0.717, 1.165) is 12.8 Å². The third-order valence-electron chi connectivity index (χ3n) is 8.57. The summed E-state index contributed by atoms with van der Waals surface area (Å²) in [5, 5.41) is 21.4. The Balaban J connectivity index is 1.30. The largest absolute Gasteiger partial charge is 0.494 e. The molecular formula is C41H53NO8. The number of carboxylic acids is 2. The number of ketones is 1. The van der Waals surface area contributed by atoms with Gasteiger partial charge in [0, 0.05) is 11.3 Å². The number of anilines is 1. The molecular weight excluding hydrogens is 634 g/mol. The average Bonchev–Trinajstić information content (AvgIpc) is 3.10. The van der Waals surface area contributed by atoms with Gasteiger partial charge in [-0.2, -0.15) is 0 Å². The van der Waals surface area contributed by atoms with Crippen molar-refractivity contribution in [2.24, 2.45) is 0 Å². The molecule has 0 heterocycles. The highest BCUT2D eigenvalue weighted by atomic mass is 16.5. The molecule has 0 saturated carbocycles. The lowest BCUT2D eigenvalue weighted by molar-refractivity contribution is -0.115. The van der Waals surface area contributed by atoms with Gasteiger partial charge in [0.1, 0.15) is 22.8 Å². The average molecular weight is 688 g/mol. The van der Waals surface area contributed by atoms with Crippen molar-refractivity contribution >= 4 is 29.3 Å². The van der Waals surface area contributed by atoms with Crippen LogP contribution in [0.3, 0.4) is 0 Å². The second-order valence-corrected chi connectivity index (χ2v) is 12.8. The summed E-state index contributed by atoms with van der Waals surface area (Å²) in [5.41, 5.74) is 0.281. The van der Waals surface area contributed by atoms with Crippen LogP contribution in [0.15, 0.2) is 66.7 Å². The summed E-state index contributed by atoms with van der Waals surface area (Å²) in [6.45, 7) is 2.88. The number of carboxylic acid groups (broad SMARTS) is 2. The Labute approximate surface area is 296 Å². The number of aromatic carboxylic acids is 2. The summed E-state index contributed by atoms with van der Waals surface area (Å²) < 4.78 is 11.4. The molecule has 50 heavy (non-hydrogen) atoms. The van der Waals surface area contributed by atoms with E-state index in [1.54, 1.807) is 24.3 Å². The number of benzene rings is 3. The van der Waals surface area contributed by atoms with E-state index in [-0.39, 0.29) is 34.1 Å². The molecule has 0 bridgehead atoms. The van der Waals surface area contributed by atoms with Gasteiger partial charge in [0.05, 0.1) is 18.6 Å². The Morgan fingerprint density at radius 2 is 1.18 bits per heavy atom. The van der Waals surface area contributed by atoms with Crippen molar-refractivity contribution in [1.82, 2.24) is 0 Å². The van der Waals surface area contributed by atoms with Crippen molar-refractivity contribution in [3.63, 3.8) is 0 Å². The normalized spacial score (nSPS) is 10.8. The van der Waals surface area contributed by atoms with Crippen molar-refractivity contribution in [2.75, 3.05) is 11.9 Å². The minimum Gasteiger partial charge on any atom is -0.494 e. The van der Waals surface area contributed by atoms with Crippen molar-refractivity contribution in [3.05, 3.63) is 83.4 Å². The van der Waals surface area contributed by atoms with Crippen LogP contribution in [0.25, 0.3) is 0 Å². The number of Topliss-reactive ketones (excluding diaryl/α,β-unsaturated/α-hetero) is 1. The van der Waals surface area contributed by atoms with Gasteiger partial charge in [-0.3, -0.25) is 9.59 Å². The highest BCUT2D eigenvalue weighted by Gasteiger charge is 2.17. The maximum absolute atomic E-state index is 12.7. The number of hydrogen-bond donors (Lipinski definition) is 3. The zero-order valence-corrected chi connectivity index (χ0v) is 29.4. The quantitative estimate of drug-likeness (QED) is 0.0430. The summed E-state index contributed by atoms with van der Waals surface area (Å²) in [7, 11) is 0. The fraction of sp³-hybridized carbons (Fsp3) is 0.463. The molecule has 9 nitrogen and oxygen atoms in total. The fourth-order valence-corrected chi connectivity index (χ4v) is 5.71. The maximum atomic E-state index is 12.7. The van der Waals surface area contributed by atoms with Crippen LogP contribution in [-0.4, -0.2) is 40.4 Å². The molecule has 270 valence electrons. The molecule has 0 saturated heterocycles. The number of hydrogen-bond acceptors (Lipinski definition) is 6. The van der Waals surface area contributed by atoms with Crippen LogP contribution in [-0.2, 0) is 4.79 Å². The highest BCUT2D eigenvalue weighted by Crippen LogP contribution is 2.29. The molecule has 0 aliphatic rings. The number of ether oxygens (including phenoxy) is 2. The van der Waals surface area contributed by atoms with Crippen molar-refractivity contribution in [2.45, 2.75) is 116 Å². The summed E-state index contributed by atoms with van der Waals surface area (Å²) in [6, 6.07) is 16.4. The summed E-state index contributed by atoms with van der Waals surface area (Å²) in [6.07, 6.45) is 20.6. The van der Waals surface area contributed by atoms with Gasteiger partial charge in [-0.15, -0.1) is 0 Å². The van der Waals surface area contributed by atoms with E-state index in [2.05, 4.69) is 12.2 Å². The highest BCUT2D eigenvalue weighted by molar-refractivity contribution is 6.11. The number of carbonyl (C=O) groups is 4. The van der Waals surface area contributed by atoms with E-state index in [1.807, 2.05) is 0 Å². The van der Waals surface area contributed by atoms with Gasteiger partial charge in [0.25, 0.3) is 0 Å². The topological polar surface area (TPSA) is 139 Å². The van der Waals surface area contributed by atoms with Crippen LogP contribution >= 0.6 is 0 Å². The molecule has 3 rings (SSSR count). The van der Waals surface area contributed by atoms with Gasteiger partial charge in [-0.1, -0.05) is 109 Å². The third kappa shape index (κ3) is 15.3. The van der Waals surface area contributed by atoms with Crippen molar-refractivity contribution < 1.29 is 38.9 Å². The fourth-order valence-electron chi connectivity index (χ4n) is 5.71. The molecule has 0 spiro atoms. The first-order chi connectivity index (χ1) is 24.3. The Morgan fingerprint density at radius 1 is 0.600 bits per heavy atom. The van der Waals surface area contributed by atoms with E-state index >= 15 is 0 Å². The minimum absolute atomic E-state index is 0.0133. The molecule has 3 aromatic rings. The summed E-state index contributed by atoms with van der Waals surface area (Å²) in [4.78, 5) is 48.5. The van der Waals surface area contributed by atoms with Gasteiger partial charge >= 0.3 is 11.9 Å². The zero-order chi connectivity index (χ0) is 36.0. The molecule has 0 aliphatic heterocycles. The first-order valence-electron chi connectivity index (χ1n) is 18.2. The SMILES string of the molecule is CCCCCCCCCCCCCCCCCCOc1ccc(C(=O)CC(=O)Nc2ccc(Oc3cccc(C(=O)O)c3)c(C(=O)O)c2)cc1. The van der Waals surface area contributed by atoms with Crippen LogP contribution in [0, 0.1) is 0 Å². The van der Waals surface area contributed by atoms with Gasteiger partial charge in [-0.05, 0) is 67.1 Å². The third-order valence-corrected chi connectivity index (χ3v) is 8.57. The van der Waals surface area contributed by atoms with Crippen LogP contribution in [0.2, 0.25) is 0 Å². The first kappa shape index (κ1) is 39.8. The molecule has 0 atom stereocenters. The standard InChI is InChI=1S/C41H53NO8/c1-2-3-4-5-6-7-8-9-10-11-12-13-14-15-16-17-27-49-34-24-21-31(22-25-34)37(43)30-39(44)42-33-23-26-38(36(29-33)41(47)48)50-35-20-18-19-32(28-35)40(45)46/h18-26,28-29H,2-17,27,30H2,1H3,(H,42,44)(H,45,46)(H,47,48). The monoisotopic (exact) mass is 687 g/mol. The summed E-state index contributed by atoms with van der Waals surface area (Å²) >= 11 is 0. The maximum Gasteiger partial charge on any atom is 0.339 e. The number of rotatable bonds is 26. The smallest absolute Gasteiger partial charge is 0.339 e. The van der Waals surface area contributed by atoms with Crippen LogP contribution in [0.5, 0.6) is 17.2 Å². The number of unbranched alkanes of at least 4 members (excludes halogenated alkanes) is 15. The van der Waals surface area contributed by atoms with Gasteiger partial charge < -0.3 is 25.0 Å². The molecule has 0 fully saturated rings. The molecule has 0 aromatic heterocycles. The van der Waals surface area contributed by atoms with Crippen LogP contribution < -0.4 is 14.8 Å². The number of carbonyl (C=O) groups excluding carboxylic acids is 2. The van der Waals surface area contributed by atoms with Crippen LogP contribution in [0.1, 0.15) is 147 Å². The lowest BCUT2D eigenvalue weighted by Crippen LogP contribution is -2.17. The minimum atomic E-state index is -1.31. The lowest BCUT2D eigenvalue weighted by atomic mass is 10.0. The van der Waals surface area contributed by atoms with Gasteiger partial charge in [0.15, 0.2) is 5.78 Å². The van der Waals surface area contributed by atoms with E-state index in [9.17, 15) is 29.4 Å². The van der Waals surface area contributed by atoms with E-state index < -0.39 is 24.3 Å². The molecule has 3 N–H and O–H groups in total. The van der Waals surface area contributed by atoms with Gasteiger partial charge in [0.2, 0.25) is 5.91 Å². The summed E-state index contributed by atoms with van der Waals surface area (Å²) in [5.74, 6) is -2.66. The van der Waals surface area contributed by atoms with Crippen molar-refractivity contribution in [1.29, 1.82) is 0 Å². The van der Waals surface area contributed by atoms with E-state index in [0.29, 0.717) is 17.9 Å². The molecule has 9 heteroatoms. The molecule has 1 amide bonds. The molecule has 3 aromatic carbocycles. The number of amides is 1. The Bertz CT molecular complexity index is 1500. The van der Waals surface area contributed by atoms with E-state index in [4.69, 9.17) is 9.47 Å². The zero-order valence-electron chi connectivity index (χ0n) is 29.4. The molecule has 0 radical (unpaired) electrons. The molecule has 0 aliphatic carbocycles. The van der Waals surface area contributed by atoms with E-state index in [1.165, 1.54) is 132 Å². The first-order valence-corrected chi connectivity index (χ1v) is 18.2. The van der Waals surface area contributed by atoms with Crippen molar-refractivity contribution in [3.8, 4) is 17.2 Å². The van der Waals surface area contributed by atoms with Crippen LogP contribution in [0.4, 0.5) is 5.69 Å². The second-order valence-electron chi connectivity index (χ2n) is 12.8. The Hall–Kier alpha value is -4.66. The Kier molecular flexibility index (Phi) is 18.2. The molecule has 0 unspecified atom stereocenters. The Morgan fingerprint density at radius 3 is 1.74 bits per heavy atom. The predicted octanol–water partition coefficient (Wildman–Crippen LogP) is 10.7. The van der Waals surface area contributed by atoms with Gasteiger partial charge in [-0.25, -0.2) is 9.59 Å².